The molecule has 2 heterocycles. The highest BCUT2D eigenvalue weighted by atomic mass is 127. The number of ether oxygens (including phenoxy) is 1. The summed E-state index contributed by atoms with van der Waals surface area (Å²) >= 11 is 2.25. The quantitative estimate of drug-likeness (QED) is 0.190. The van der Waals surface area contributed by atoms with Crippen LogP contribution in [0.25, 0.3) is 22.5 Å². The number of halogens is 4. The number of carbonyl (C=O) groups excluding carboxylic acids is 1. The molecule has 0 spiro atoms. The number of aryl methyl sites for hydroxylation is 1. The van der Waals surface area contributed by atoms with Crippen LogP contribution >= 0.6 is 22.6 Å². The minimum absolute atomic E-state index is 0.00453. The Morgan fingerprint density at radius 2 is 1.79 bits per heavy atom. The van der Waals surface area contributed by atoms with Crippen molar-refractivity contribution in [2.75, 3.05) is 17.2 Å². The minimum atomic E-state index is -4.33. The van der Waals surface area contributed by atoms with Crippen LogP contribution in [0.4, 0.5) is 29.7 Å². The van der Waals surface area contributed by atoms with Gasteiger partial charge in [0.05, 0.1) is 5.52 Å². The van der Waals surface area contributed by atoms with Crippen molar-refractivity contribution < 1.29 is 27.1 Å². The molecule has 1 fully saturated rings. The molecule has 13 heteroatoms. The molecule has 1 saturated carbocycles. The van der Waals surface area contributed by atoms with E-state index in [2.05, 4.69) is 48.7 Å². The lowest BCUT2D eigenvalue weighted by Crippen LogP contribution is -2.50. The summed E-state index contributed by atoms with van der Waals surface area (Å²) in [4.78, 5) is 16.7. The molecule has 1 aliphatic carbocycles. The molecule has 0 saturated heterocycles. The van der Waals surface area contributed by atoms with Gasteiger partial charge in [-0.1, -0.05) is 27.7 Å². The maximum Gasteiger partial charge on any atom is 0.407 e. The number of alkyl halides is 4. The highest BCUT2D eigenvalue weighted by Gasteiger charge is 2.33. The van der Waals surface area contributed by atoms with Crippen molar-refractivity contribution in [3.05, 3.63) is 29.3 Å². The summed E-state index contributed by atoms with van der Waals surface area (Å²) in [6, 6.07) is 5.45. The van der Waals surface area contributed by atoms with Gasteiger partial charge in [0.2, 0.25) is 0 Å². The van der Waals surface area contributed by atoms with Crippen LogP contribution < -0.4 is 16.0 Å². The largest absolute Gasteiger partial charge is 0.444 e. The number of anilines is 2. The Hall–Kier alpha value is -2.84. The summed E-state index contributed by atoms with van der Waals surface area (Å²) in [6.45, 7) is 10.1. The average molecular weight is 660 g/mol. The lowest BCUT2D eigenvalue weighted by atomic mass is 9.87. The Balaban J connectivity index is 1.50. The maximum atomic E-state index is 12.8. The Bertz CT molecular complexity index is 1360. The van der Waals surface area contributed by atoms with E-state index >= 15 is 0 Å². The number of aromatic nitrogens is 3. The first kappa shape index (κ1) is 29.2. The highest BCUT2D eigenvalue weighted by molar-refractivity contribution is 14.1. The standard InChI is InChI=1S/C26H32F3IN6O3/c1-13-7-19(34-20-17(13)10-14(31-12-26(27,28)29)11-18(20)25(5,6)30)21-35-36-22(38-21)32-15-8-16(9-15)33-23(37)39-24(2,3)4/h7,10-11,15-16,31H,8-9,12H2,1-6H3,(H,32,36)(H,33,37)/t15-,16+. The van der Waals surface area contributed by atoms with E-state index in [0.29, 0.717) is 29.7 Å². The lowest BCUT2D eigenvalue weighted by Gasteiger charge is -2.36. The first-order valence-corrected chi connectivity index (χ1v) is 13.6. The number of carbonyl (C=O) groups is 1. The molecule has 0 unspecified atom stereocenters. The van der Waals surface area contributed by atoms with E-state index in [1.807, 2.05) is 41.5 Å². The predicted molar refractivity (Wildman–Crippen MR) is 151 cm³/mol. The molecule has 39 heavy (non-hydrogen) atoms. The number of nitrogens with one attached hydrogen (secondary N) is 3. The van der Waals surface area contributed by atoms with Crippen LogP contribution in [-0.2, 0) is 8.16 Å². The molecule has 4 rings (SSSR count). The number of rotatable bonds is 7. The first-order chi connectivity index (χ1) is 18.0. The zero-order chi connectivity index (χ0) is 28.8. The molecule has 3 aromatic rings. The van der Waals surface area contributed by atoms with Crippen LogP contribution in [0.15, 0.2) is 22.6 Å². The summed E-state index contributed by atoms with van der Waals surface area (Å²) in [5.74, 6) is 0.224. The number of alkyl carbamates (subject to hydrolysis) is 1. The molecule has 0 bridgehead atoms. The van der Waals surface area contributed by atoms with Gasteiger partial charge in [-0.2, -0.15) is 13.2 Å². The molecule has 1 amide bonds. The summed E-state index contributed by atoms with van der Waals surface area (Å²) in [5.41, 5.74) is 2.55. The third-order valence-electron chi connectivity index (χ3n) is 6.08. The molecule has 212 valence electrons. The predicted octanol–water partition coefficient (Wildman–Crippen LogP) is 6.71. The molecular formula is C26H32F3IN6O3. The highest BCUT2D eigenvalue weighted by Crippen LogP contribution is 2.39. The maximum absolute atomic E-state index is 12.8. The Kier molecular flexibility index (Phi) is 7.94. The van der Waals surface area contributed by atoms with Gasteiger partial charge in [0.25, 0.3) is 5.89 Å². The van der Waals surface area contributed by atoms with E-state index in [1.165, 1.54) is 0 Å². The fraction of sp³-hybridized carbons (Fsp3) is 0.538. The van der Waals surface area contributed by atoms with Crippen molar-refractivity contribution >= 4 is 51.3 Å². The monoisotopic (exact) mass is 660 g/mol. The van der Waals surface area contributed by atoms with Gasteiger partial charge in [-0.25, -0.2) is 9.78 Å². The minimum Gasteiger partial charge on any atom is -0.444 e. The SMILES string of the molecule is Cc1cc(-c2nnc(N[C@H]3C[C@@H](NC(=O)OC(C)(C)C)C3)o2)nc2c(C(C)(C)I)cc(NCC(F)(F)F)cc12. The van der Waals surface area contributed by atoms with Gasteiger partial charge >= 0.3 is 18.3 Å². The Morgan fingerprint density at radius 1 is 1.10 bits per heavy atom. The molecule has 2 aromatic heterocycles. The lowest BCUT2D eigenvalue weighted by molar-refractivity contribution is -0.115. The summed E-state index contributed by atoms with van der Waals surface area (Å²) in [5, 5.41) is 17.5. The van der Waals surface area contributed by atoms with Crippen molar-refractivity contribution in [1.29, 1.82) is 0 Å². The molecular weight excluding hydrogens is 628 g/mol. The van der Waals surface area contributed by atoms with Gasteiger partial charge < -0.3 is 25.1 Å². The van der Waals surface area contributed by atoms with Crippen LogP contribution in [-0.4, -0.2) is 51.7 Å². The third kappa shape index (κ3) is 7.63. The van der Waals surface area contributed by atoms with Crippen molar-refractivity contribution in [3.63, 3.8) is 0 Å². The van der Waals surface area contributed by atoms with Gasteiger partial charge in [-0.15, -0.1) is 5.10 Å². The number of amides is 1. The van der Waals surface area contributed by atoms with Crippen molar-refractivity contribution in [3.8, 4) is 11.6 Å². The van der Waals surface area contributed by atoms with Crippen molar-refractivity contribution in [2.24, 2.45) is 0 Å². The van der Waals surface area contributed by atoms with Crippen LogP contribution in [0, 0.1) is 6.92 Å². The second-order valence-electron chi connectivity index (χ2n) is 11.3. The van der Waals surface area contributed by atoms with Crippen LogP contribution in [0.1, 0.15) is 58.6 Å². The van der Waals surface area contributed by atoms with Crippen LogP contribution in [0.2, 0.25) is 0 Å². The smallest absolute Gasteiger partial charge is 0.407 e. The zero-order valence-electron chi connectivity index (χ0n) is 22.6. The molecule has 0 aliphatic heterocycles. The van der Waals surface area contributed by atoms with E-state index in [4.69, 9.17) is 14.1 Å². The van der Waals surface area contributed by atoms with E-state index in [1.54, 1.807) is 18.2 Å². The van der Waals surface area contributed by atoms with E-state index in [9.17, 15) is 18.0 Å². The molecule has 3 N–H and O–H groups in total. The number of pyridine rings is 1. The van der Waals surface area contributed by atoms with Gasteiger partial charge in [-0.05, 0) is 83.7 Å². The van der Waals surface area contributed by atoms with E-state index in [0.717, 1.165) is 16.5 Å². The van der Waals surface area contributed by atoms with Gasteiger partial charge in [-0.3, -0.25) is 0 Å². The number of nitrogens with zero attached hydrogens (tertiary/aromatic N) is 3. The number of hydrogen-bond donors (Lipinski definition) is 3. The molecule has 1 aliphatic rings. The fourth-order valence-corrected chi connectivity index (χ4v) is 4.66. The van der Waals surface area contributed by atoms with E-state index in [-0.39, 0.29) is 24.0 Å². The Labute approximate surface area is 238 Å². The normalized spacial score (nSPS) is 18.0. The first-order valence-electron chi connectivity index (χ1n) is 12.5. The molecule has 9 nitrogen and oxygen atoms in total. The number of hydrogen-bond acceptors (Lipinski definition) is 8. The second kappa shape index (κ2) is 10.6. The Morgan fingerprint density at radius 3 is 2.41 bits per heavy atom. The topological polar surface area (TPSA) is 114 Å². The van der Waals surface area contributed by atoms with Gasteiger partial charge in [0.15, 0.2) is 0 Å². The summed E-state index contributed by atoms with van der Waals surface area (Å²) in [7, 11) is 0. The zero-order valence-corrected chi connectivity index (χ0v) is 24.7. The van der Waals surface area contributed by atoms with Crippen LogP contribution in [0.5, 0.6) is 0 Å². The molecule has 0 atom stereocenters. The summed E-state index contributed by atoms with van der Waals surface area (Å²) in [6.07, 6.45) is -3.40. The van der Waals surface area contributed by atoms with Crippen LogP contribution in [0.3, 0.4) is 0 Å². The summed E-state index contributed by atoms with van der Waals surface area (Å²) < 4.78 is 49.1. The van der Waals surface area contributed by atoms with Crippen molar-refractivity contribution in [1.82, 2.24) is 20.5 Å². The van der Waals surface area contributed by atoms with Gasteiger partial charge in [0.1, 0.15) is 17.8 Å². The number of fused-ring (bicyclic) bond motifs is 1. The average Bonchev–Trinajstić information content (AvgIpc) is 3.22. The van der Waals surface area contributed by atoms with E-state index < -0.39 is 27.8 Å². The fourth-order valence-electron chi connectivity index (χ4n) is 4.25. The third-order valence-corrected chi connectivity index (χ3v) is 6.67. The molecule has 1 aromatic carbocycles. The number of benzene rings is 1. The molecule has 0 radical (unpaired) electrons. The van der Waals surface area contributed by atoms with Gasteiger partial charge in [0, 0.05) is 26.6 Å². The van der Waals surface area contributed by atoms with Crippen molar-refractivity contribution in [2.45, 2.75) is 81.7 Å². The second-order valence-corrected chi connectivity index (χ2v) is 14.0.